The highest BCUT2D eigenvalue weighted by Gasteiger charge is 2.08. The molecule has 1 aromatic rings. The normalized spacial score (nSPS) is 13.9. The second kappa shape index (κ2) is 10.7. The van der Waals surface area contributed by atoms with E-state index in [-0.39, 0.29) is 0 Å². The van der Waals surface area contributed by atoms with Gasteiger partial charge >= 0.3 is 0 Å². The number of rotatable bonds is 11. The van der Waals surface area contributed by atoms with Crippen molar-refractivity contribution in [3.8, 4) is 5.75 Å². The van der Waals surface area contributed by atoms with Crippen LogP contribution in [-0.2, 0) is 0 Å². The van der Waals surface area contributed by atoms with Crippen LogP contribution in [0.25, 0.3) is 0 Å². The summed E-state index contributed by atoms with van der Waals surface area (Å²) in [5, 5.41) is 3.63. The molecule has 2 unspecified atom stereocenters. The van der Waals surface area contributed by atoms with E-state index in [1.165, 1.54) is 44.1 Å². The van der Waals surface area contributed by atoms with Gasteiger partial charge in [0.2, 0.25) is 0 Å². The minimum absolute atomic E-state index is 0.386. The van der Waals surface area contributed by atoms with Crippen molar-refractivity contribution < 1.29 is 4.74 Å². The molecular formula is C19H33NO. The van der Waals surface area contributed by atoms with Crippen LogP contribution < -0.4 is 10.1 Å². The second-order valence-electron chi connectivity index (χ2n) is 6.30. The molecule has 0 bridgehead atoms. The minimum atomic E-state index is 0.386. The van der Waals surface area contributed by atoms with Gasteiger partial charge in [0.25, 0.3) is 0 Å². The van der Waals surface area contributed by atoms with Crippen LogP contribution in [0.5, 0.6) is 5.75 Å². The molecule has 2 nitrogen and oxygen atoms in total. The van der Waals surface area contributed by atoms with Crippen LogP contribution in [0, 0.1) is 6.92 Å². The third kappa shape index (κ3) is 8.77. The van der Waals surface area contributed by atoms with Crippen LogP contribution in [0.4, 0.5) is 0 Å². The number of unbranched alkanes of at least 4 members (excludes halogenated alkanes) is 4. The summed E-state index contributed by atoms with van der Waals surface area (Å²) in [5.41, 5.74) is 1.27. The zero-order valence-corrected chi connectivity index (χ0v) is 14.3. The lowest BCUT2D eigenvalue weighted by atomic mass is 10.1. The molecule has 0 aromatic heterocycles. The number of hydrogen-bond acceptors (Lipinski definition) is 2. The van der Waals surface area contributed by atoms with Crippen LogP contribution in [0.2, 0.25) is 0 Å². The predicted molar refractivity (Wildman–Crippen MR) is 92.1 cm³/mol. The van der Waals surface area contributed by atoms with Crippen molar-refractivity contribution in [2.75, 3.05) is 6.61 Å². The summed E-state index contributed by atoms with van der Waals surface area (Å²) >= 11 is 0. The molecule has 0 saturated heterocycles. The van der Waals surface area contributed by atoms with E-state index in [1.807, 2.05) is 12.1 Å². The van der Waals surface area contributed by atoms with E-state index in [0.717, 1.165) is 12.4 Å². The maximum absolute atomic E-state index is 5.82. The van der Waals surface area contributed by atoms with Gasteiger partial charge in [0, 0.05) is 12.1 Å². The van der Waals surface area contributed by atoms with Crippen molar-refractivity contribution in [2.45, 2.75) is 78.3 Å². The second-order valence-corrected chi connectivity index (χ2v) is 6.30. The lowest BCUT2D eigenvalue weighted by Crippen LogP contribution is -2.38. The summed E-state index contributed by atoms with van der Waals surface area (Å²) in [7, 11) is 0. The van der Waals surface area contributed by atoms with Gasteiger partial charge in [-0.2, -0.15) is 0 Å². The summed E-state index contributed by atoms with van der Waals surface area (Å²) in [4.78, 5) is 0. The fraction of sp³-hybridized carbons (Fsp3) is 0.684. The number of aryl methyl sites for hydroxylation is 1. The Kier molecular flexibility index (Phi) is 9.16. The van der Waals surface area contributed by atoms with Crippen molar-refractivity contribution in [3.63, 3.8) is 0 Å². The Labute approximate surface area is 131 Å². The molecule has 0 radical (unpaired) electrons. The number of hydrogen-bond donors (Lipinski definition) is 1. The fourth-order valence-electron chi connectivity index (χ4n) is 2.53. The molecule has 0 spiro atoms. The van der Waals surface area contributed by atoms with Gasteiger partial charge in [0.1, 0.15) is 12.4 Å². The fourth-order valence-corrected chi connectivity index (χ4v) is 2.53. The monoisotopic (exact) mass is 291 g/mol. The smallest absolute Gasteiger partial charge is 0.119 e. The molecule has 2 heteroatoms. The number of benzene rings is 1. The van der Waals surface area contributed by atoms with Crippen molar-refractivity contribution in [1.82, 2.24) is 5.32 Å². The van der Waals surface area contributed by atoms with Crippen molar-refractivity contribution in [2.24, 2.45) is 0 Å². The zero-order valence-electron chi connectivity index (χ0n) is 14.3. The molecule has 0 aliphatic carbocycles. The summed E-state index contributed by atoms with van der Waals surface area (Å²) in [6.45, 7) is 9.56. The van der Waals surface area contributed by atoms with Gasteiger partial charge in [-0.25, -0.2) is 0 Å². The molecular weight excluding hydrogens is 258 g/mol. The summed E-state index contributed by atoms with van der Waals surface area (Å²) < 4.78 is 5.82. The molecule has 0 aliphatic rings. The standard InChI is InChI=1S/C19H33NO/c1-5-6-7-8-9-10-17(3)20-18(4)15-21-19-13-11-16(2)12-14-19/h11-14,17-18,20H,5-10,15H2,1-4H3. The van der Waals surface area contributed by atoms with Gasteiger partial charge < -0.3 is 10.1 Å². The highest BCUT2D eigenvalue weighted by atomic mass is 16.5. The Morgan fingerprint density at radius 1 is 0.952 bits per heavy atom. The topological polar surface area (TPSA) is 21.3 Å². The van der Waals surface area contributed by atoms with Crippen molar-refractivity contribution >= 4 is 0 Å². The SMILES string of the molecule is CCCCCCCC(C)NC(C)COc1ccc(C)cc1. The van der Waals surface area contributed by atoms with E-state index in [2.05, 4.69) is 45.1 Å². The van der Waals surface area contributed by atoms with Crippen LogP contribution in [-0.4, -0.2) is 18.7 Å². The zero-order chi connectivity index (χ0) is 15.5. The average molecular weight is 291 g/mol. The first-order chi connectivity index (χ1) is 10.1. The Morgan fingerprint density at radius 3 is 2.29 bits per heavy atom. The van der Waals surface area contributed by atoms with Gasteiger partial charge in [-0.05, 0) is 39.3 Å². The number of ether oxygens (including phenoxy) is 1. The molecule has 0 aliphatic heterocycles. The van der Waals surface area contributed by atoms with E-state index >= 15 is 0 Å². The van der Waals surface area contributed by atoms with E-state index < -0.39 is 0 Å². The van der Waals surface area contributed by atoms with Gasteiger partial charge in [-0.3, -0.25) is 0 Å². The largest absolute Gasteiger partial charge is 0.492 e. The molecule has 1 rings (SSSR count). The molecule has 0 fully saturated rings. The number of nitrogens with one attached hydrogen (secondary N) is 1. The molecule has 0 saturated carbocycles. The molecule has 0 amide bonds. The molecule has 120 valence electrons. The van der Waals surface area contributed by atoms with Crippen molar-refractivity contribution in [1.29, 1.82) is 0 Å². The van der Waals surface area contributed by atoms with Gasteiger partial charge in [0.05, 0.1) is 0 Å². The van der Waals surface area contributed by atoms with E-state index in [4.69, 9.17) is 4.74 Å². The van der Waals surface area contributed by atoms with Crippen LogP contribution in [0.1, 0.15) is 64.9 Å². The first-order valence-electron chi connectivity index (χ1n) is 8.57. The lowest BCUT2D eigenvalue weighted by molar-refractivity contribution is 0.260. The quantitative estimate of drug-likeness (QED) is 0.573. The van der Waals surface area contributed by atoms with E-state index in [9.17, 15) is 0 Å². The van der Waals surface area contributed by atoms with Crippen LogP contribution in [0.3, 0.4) is 0 Å². The van der Waals surface area contributed by atoms with Gasteiger partial charge in [-0.1, -0.05) is 56.7 Å². The summed E-state index contributed by atoms with van der Waals surface area (Å²) in [6.07, 6.45) is 8.05. The Bertz CT molecular complexity index is 360. The average Bonchev–Trinajstić information content (AvgIpc) is 2.46. The molecule has 1 N–H and O–H groups in total. The molecule has 21 heavy (non-hydrogen) atoms. The maximum Gasteiger partial charge on any atom is 0.119 e. The summed E-state index contributed by atoms with van der Waals surface area (Å²) in [6, 6.07) is 9.22. The van der Waals surface area contributed by atoms with E-state index in [0.29, 0.717) is 12.1 Å². The maximum atomic E-state index is 5.82. The van der Waals surface area contributed by atoms with Crippen LogP contribution in [0.15, 0.2) is 24.3 Å². The third-order valence-corrected chi connectivity index (χ3v) is 3.83. The molecule has 1 aromatic carbocycles. The molecule has 0 heterocycles. The minimum Gasteiger partial charge on any atom is -0.492 e. The molecule has 2 atom stereocenters. The lowest BCUT2D eigenvalue weighted by Gasteiger charge is -2.20. The Morgan fingerprint density at radius 2 is 1.62 bits per heavy atom. The highest BCUT2D eigenvalue weighted by molar-refractivity contribution is 5.26. The Balaban J connectivity index is 2.11. The van der Waals surface area contributed by atoms with Crippen LogP contribution >= 0.6 is 0 Å². The Hall–Kier alpha value is -1.02. The first-order valence-corrected chi connectivity index (χ1v) is 8.57. The van der Waals surface area contributed by atoms with Gasteiger partial charge in [0.15, 0.2) is 0 Å². The predicted octanol–water partition coefficient (Wildman–Crippen LogP) is 5.10. The third-order valence-electron chi connectivity index (χ3n) is 3.83. The van der Waals surface area contributed by atoms with Crippen molar-refractivity contribution in [3.05, 3.63) is 29.8 Å². The first kappa shape index (κ1) is 18.0. The van der Waals surface area contributed by atoms with Gasteiger partial charge in [-0.15, -0.1) is 0 Å². The highest BCUT2D eigenvalue weighted by Crippen LogP contribution is 2.12. The summed E-state index contributed by atoms with van der Waals surface area (Å²) in [5.74, 6) is 0.960. The van der Waals surface area contributed by atoms with E-state index in [1.54, 1.807) is 0 Å².